The van der Waals surface area contributed by atoms with Crippen LogP contribution in [0.3, 0.4) is 0 Å². The lowest BCUT2D eigenvalue weighted by Crippen LogP contribution is -2.43. The van der Waals surface area contributed by atoms with E-state index in [0.29, 0.717) is 0 Å². The van der Waals surface area contributed by atoms with Crippen molar-refractivity contribution in [2.24, 2.45) is 5.92 Å². The summed E-state index contributed by atoms with van der Waals surface area (Å²) in [6, 6.07) is 15.0. The number of hydrogen-bond acceptors (Lipinski definition) is 2. The van der Waals surface area contributed by atoms with Crippen LogP contribution in [0.2, 0.25) is 5.02 Å². The molecule has 0 saturated carbocycles. The van der Waals surface area contributed by atoms with E-state index in [0.717, 1.165) is 49.5 Å². The number of hydrogen-bond donors (Lipinski definition) is 1. The summed E-state index contributed by atoms with van der Waals surface area (Å²) < 4.78 is 0. The van der Waals surface area contributed by atoms with E-state index in [1.54, 1.807) is 0 Å². The average molecular weight is 425 g/mol. The van der Waals surface area contributed by atoms with Crippen molar-refractivity contribution in [3.05, 3.63) is 69.7 Å². The number of rotatable bonds is 6. The van der Waals surface area contributed by atoms with Crippen molar-refractivity contribution in [3.63, 3.8) is 0 Å². The zero-order valence-electron chi connectivity index (χ0n) is 18.0. The van der Waals surface area contributed by atoms with Crippen molar-refractivity contribution in [3.8, 4) is 0 Å². The van der Waals surface area contributed by atoms with E-state index in [1.807, 2.05) is 18.2 Å². The quantitative estimate of drug-likeness (QED) is 0.645. The molecule has 1 amide bonds. The van der Waals surface area contributed by atoms with Crippen molar-refractivity contribution in [1.82, 2.24) is 10.2 Å². The highest BCUT2D eigenvalue weighted by Gasteiger charge is 2.27. The molecule has 1 aliphatic heterocycles. The molecule has 30 heavy (non-hydrogen) atoms. The van der Waals surface area contributed by atoms with E-state index in [4.69, 9.17) is 11.6 Å². The van der Waals surface area contributed by atoms with Gasteiger partial charge in [-0.15, -0.1) is 0 Å². The second-order valence-electron chi connectivity index (χ2n) is 8.87. The Morgan fingerprint density at radius 2 is 1.93 bits per heavy atom. The van der Waals surface area contributed by atoms with Gasteiger partial charge in [-0.1, -0.05) is 54.9 Å². The van der Waals surface area contributed by atoms with Gasteiger partial charge < -0.3 is 5.32 Å². The Hall–Kier alpha value is -1.84. The van der Waals surface area contributed by atoms with E-state index < -0.39 is 0 Å². The van der Waals surface area contributed by atoms with Crippen LogP contribution in [0.15, 0.2) is 42.5 Å². The normalized spacial score (nSPS) is 20.4. The van der Waals surface area contributed by atoms with Crippen molar-refractivity contribution in [2.75, 3.05) is 13.1 Å². The number of nitrogens with one attached hydrogen (secondary N) is 1. The molecule has 1 heterocycles. The Morgan fingerprint density at radius 1 is 1.13 bits per heavy atom. The maximum absolute atomic E-state index is 13.1. The molecule has 1 N–H and O–H groups in total. The molecule has 0 radical (unpaired) electrons. The van der Waals surface area contributed by atoms with Crippen LogP contribution in [-0.2, 0) is 24.2 Å². The van der Waals surface area contributed by atoms with Crippen LogP contribution in [0.25, 0.3) is 0 Å². The molecule has 160 valence electrons. The molecule has 0 unspecified atom stereocenters. The Bertz CT molecular complexity index is 881. The SMILES string of the molecule is CC[C@H](NC(=O)[C@@H]1CCCN(Cc2ccccc2Cl)C1)c1ccc2c(c1)CCCC2. The van der Waals surface area contributed by atoms with Crippen LogP contribution < -0.4 is 5.32 Å². The van der Waals surface area contributed by atoms with Gasteiger partial charge in [0.15, 0.2) is 0 Å². The third-order valence-electron chi connectivity index (χ3n) is 6.73. The fourth-order valence-corrected chi connectivity index (χ4v) is 5.16. The van der Waals surface area contributed by atoms with Crippen LogP contribution >= 0.6 is 11.6 Å². The number of likely N-dealkylation sites (tertiary alicyclic amines) is 1. The summed E-state index contributed by atoms with van der Waals surface area (Å²) in [5, 5.41) is 4.17. The number of fused-ring (bicyclic) bond motifs is 1. The fourth-order valence-electron chi connectivity index (χ4n) is 4.96. The second-order valence-corrected chi connectivity index (χ2v) is 9.28. The molecule has 3 nitrogen and oxygen atoms in total. The molecule has 2 aromatic carbocycles. The van der Waals surface area contributed by atoms with Gasteiger partial charge in [0, 0.05) is 18.1 Å². The van der Waals surface area contributed by atoms with Crippen LogP contribution in [0.5, 0.6) is 0 Å². The summed E-state index contributed by atoms with van der Waals surface area (Å²) in [7, 11) is 0. The fraction of sp³-hybridized carbons (Fsp3) is 0.500. The van der Waals surface area contributed by atoms with Gasteiger partial charge >= 0.3 is 0 Å². The number of benzene rings is 2. The first-order valence-corrected chi connectivity index (χ1v) is 11.9. The maximum Gasteiger partial charge on any atom is 0.224 e. The molecular weight excluding hydrogens is 392 g/mol. The van der Waals surface area contributed by atoms with Crippen molar-refractivity contribution >= 4 is 17.5 Å². The topological polar surface area (TPSA) is 32.3 Å². The van der Waals surface area contributed by atoms with Gasteiger partial charge in [0.05, 0.1) is 12.0 Å². The van der Waals surface area contributed by atoms with Crippen LogP contribution in [0.4, 0.5) is 0 Å². The molecule has 1 fully saturated rings. The molecule has 4 rings (SSSR count). The van der Waals surface area contributed by atoms with Gasteiger partial charge in [0.1, 0.15) is 0 Å². The molecule has 2 atom stereocenters. The monoisotopic (exact) mass is 424 g/mol. The lowest BCUT2D eigenvalue weighted by Gasteiger charge is -2.33. The summed E-state index contributed by atoms with van der Waals surface area (Å²) in [4.78, 5) is 15.5. The molecule has 2 aromatic rings. The van der Waals surface area contributed by atoms with Gasteiger partial charge in [0.2, 0.25) is 5.91 Å². The lowest BCUT2D eigenvalue weighted by molar-refractivity contribution is -0.127. The smallest absolute Gasteiger partial charge is 0.224 e. The molecular formula is C26H33ClN2O. The van der Waals surface area contributed by atoms with Gasteiger partial charge in [0.25, 0.3) is 0 Å². The third kappa shape index (κ3) is 5.07. The van der Waals surface area contributed by atoms with Gasteiger partial charge in [-0.3, -0.25) is 9.69 Å². The molecule has 1 aliphatic carbocycles. The minimum Gasteiger partial charge on any atom is -0.349 e. The highest BCUT2D eigenvalue weighted by Crippen LogP contribution is 2.27. The standard InChI is InChI=1S/C26H33ClN2O/c1-2-25(21-14-13-19-8-3-4-9-20(19)16-21)28-26(30)23-11-7-15-29(18-23)17-22-10-5-6-12-24(22)27/h5-6,10,12-14,16,23,25H,2-4,7-9,11,15,17-18H2,1H3,(H,28,30)/t23-,25+/m1/s1. The highest BCUT2D eigenvalue weighted by atomic mass is 35.5. The number of piperidine rings is 1. The summed E-state index contributed by atoms with van der Waals surface area (Å²) in [5.41, 5.74) is 5.37. The maximum atomic E-state index is 13.1. The summed E-state index contributed by atoms with van der Waals surface area (Å²) >= 11 is 6.34. The van der Waals surface area contributed by atoms with Gasteiger partial charge in [-0.2, -0.15) is 0 Å². The van der Waals surface area contributed by atoms with E-state index >= 15 is 0 Å². The number of carbonyl (C=O) groups excluding carboxylic acids is 1. The zero-order valence-corrected chi connectivity index (χ0v) is 18.8. The molecule has 1 saturated heterocycles. The summed E-state index contributed by atoms with van der Waals surface area (Å²) in [5.74, 6) is 0.247. The predicted molar refractivity (Wildman–Crippen MR) is 124 cm³/mol. The first-order chi connectivity index (χ1) is 14.6. The van der Waals surface area contributed by atoms with Crippen LogP contribution in [0.1, 0.15) is 67.3 Å². The Kier molecular flexibility index (Phi) is 7.12. The van der Waals surface area contributed by atoms with Crippen molar-refractivity contribution < 1.29 is 4.79 Å². The Labute approximate surface area is 185 Å². The molecule has 2 aliphatic rings. The number of amides is 1. The minimum atomic E-state index is 0.0490. The van der Waals surface area contributed by atoms with Crippen LogP contribution in [0, 0.1) is 5.92 Å². The number of nitrogens with zero attached hydrogens (tertiary/aromatic N) is 1. The first-order valence-electron chi connectivity index (χ1n) is 11.5. The average Bonchev–Trinajstić information content (AvgIpc) is 2.78. The summed E-state index contributed by atoms with van der Waals surface area (Å²) in [6.45, 7) is 4.80. The largest absolute Gasteiger partial charge is 0.349 e. The predicted octanol–water partition coefficient (Wildman–Crippen LogP) is 5.70. The molecule has 4 heteroatoms. The van der Waals surface area contributed by atoms with E-state index in [2.05, 4.69) is 41.4 Å². The third-order valence-corrected chi connectivity index (χ3v) is 7.10. The number of halogens is 1. The number of carbonyl (C=O) groups is 1. The molecule has 0 bridgehead atoms. The Morgan fingerprint density at radius 3 is 2.73 bits per heavy atom. The Balaban J connectivity index is 1.39. The van der Waals surface area contributed by atoms with Gasteiger partial charge in [-0.05, 0) is 79.8 Å². The summed E-state index contributed by atoms with van der Waals surface area (Å²) in [6.07, 6.45) is 7.88. The second kappa shape index (κ2) is 9.98. The molecule has 0 aromatic heterocycles. The van der Waals surface area contributed by atoms with Gasteiger partial charge in [-0.25, -0.2) is 0 Å². The van der Waals surface area contributed by atoms with Crippen molar-refractivity contribution in [2.45, 2.75) is 64.5 Å². The minimum absolute atomic E-state index is 0.0490. The van der Waals surface area contributed by atoms with E-state index in [1.165, 1.54) is 42.4 Å². The number of aryl methyl sites for hydroxylation is 2. The lowest BCUT2D eigenvalue weighted by atomic mass is 9.88. The highest BCUT2D eigenvalue weighted by molar-refractivity contribution is 6.31. The zero-order chi connectivity index (χ0) is 20.9. The first kappa shape index (κ1) is 21.4. The van der Waals surface area contributed by atoms with E-state index in [-0.39, 0.29) is 17.9 Å². The molecule has 0 spiro atoms. The van der Waals surface area contributed by atoms with Crippen LogP contribution in [-0.4, -0.2) is 23.9 Å². The van der Waals surface area contributed by atoms with Crippen molar-refractivity contribution in [1.29, 1.82) is 0 Å². The van der Waals surface area contributed by atoms with E-state index in [9.17, 15) is 4.79 Å².